The van der Waals surface area contributed by atoms with Crippen molar-refractivity contribution in [1.29, 1.82) is 0 Å². The maximum absolute atomic E-state index is 5.49. The number of thioether (sulfide) groups is 1. The van der Waals surface area contributed by atoms with Gasteiger partial charge in [0.1, 0.15) is 0 Å². The van der Waals surface area contributed by atoms with Gasteiger partial charge in [0.25, 0.3) is 0 Å². The van der Waals surface area contributed by atoms with Gasteiger partial charge in [-0.15, -0.1) is 0 Å². The van der Waals surface area contributed by atoms with Gasteiger partial charge in [0, 0.05) is 29.8 Å². The lowest BCUT2D eigenvalue weighted by Crippen LogP contribution is -2.44. The van der Waals surface area contributed by atoms with Gasteiger partial charge in [0.2, 0.25) is 0 Å². The van der Waals surface area contributed by atoms with Gasteiger partial charge < -0.3 is 10.1 Å². The highest BCUT2D eigenvalue weighted by Gasteiger charge is 2.36. The zero-order chi connectivity index (χ0) is 13.9. The fourth-order valence-corrected chi connectivity index (χ4v) is 5.22. The van der Waals surface area contributed by atoms with Gasteiger partial charge in [-0.25, -0.2) is 0 Å². The van der Waals surface area contributed by atoms with E-state index in [9.17, 15) is 0 Å². The Morgan fingerprint density at radius 1 is 1.05 bits per heavy atom. The van der Waals surface area contributed by atoms with Crippen LogP contribution in [0.1, 0.15) is 52.9 Å². The second kappa shape index (κ2) is 6.82. The number of nitrogens with one attached hydrogen (secondary N) is 1. The molecule has 2 nitrogen and oxygen atoms in total. The summed E-state index contributed by atoms with van der Waals surface area (Å²) in [6.07, 6.45) is 6.62. The topological polar surface area (TPSA) is 21.3 Å². The Kier molecular flexibility index (Phi) is 5.62. The average molecular weight is 285 g/mol. The van der Waals surface area contributed by atoms with Crippen LogP contribution in [0.25, 0.3) is 0 Å². The Labute approximate surface area is 123 Å². The Bertz CT molecular complexity index is 270. The summed E-state index contributed by atoms with van der Waals surface area (Å²) in [5.74, 6) is 0.884. The van der Waals surface area contributed by atoms with Crippen LogP contribution >= 0.6 is 11.8 Å². The first-order valence-electron chi connectivity index (χ1n) is 7.91. The second-order valence-corrected chi connectivity index (χ2v) is 8.80. The molecule has 3 unspecified atom stereocenters. The third-order valence-corrected chi connectivity index (χ3v) is 6.65. The molecule has 1 aliphatic heterocycles. The summed E-state index contributed by atoms with van der Waals surface area (Å²) >= 11 is 2.25. The smallest absolute Gasteiger partial charge is 0.0476 e. The quantitative estimate of drug-likeness (QED) is 0.854. The fourth-order valence-electron chi connectivity index (χ4n) is 3.46. The molecule has 0 aromatic heterocycles. The minimum Gasteiger partial charge on any atom is -0.381 e. The van der Waals surface area contributed by atoms with Crippen LogP contribution in [0.2, 0.25) is 0 Å². The van der Waals surface area contributed by atoms with E-state index >= 15 is 0 Å². The number of hydrogen-bond acceptors (Lipinski definition) is 3. The van der Waals surface area contributed by atoms with Crippen LogP contribution in [0, 0.1) is 11.3 Å². The highest BCUT2D eigenvalue weighted by Crippen LogP contribution is 2.43. The lowest BCUT2D eigenvalue weighted by molar-refractivity contribution is 0.0995. The molecule has 112 valence electrons. The number of hydrogen-bond donors (Lipinski definition) is 1. The zero-order valence-corrected chi connectivity index (χ0v) is 13.9. The molecule has 1 N–H and O–H groups in total. The van der Waals surface area contributed by atoms with Gasteiger partial charge >= 0.3 is 0 Å². The molecule has 0 aromatic carbocycles. The minimum atomic E-state index is 0.465. The first kappa shape index (κ1) is 15.7. The van der Waals surface area contributed by atoms with Gasteiger partial charge in [-0.2, -0.15) is 11.8 Å². The molecule has 3 atom stereocenters. The van der Waals surface area contributed by atoms with E-state index in [2.05, 4.69) is 44.9 Å². The van der Waals surface area contributed by atoms with E-state index in [0.29, 0.717) is 11.5 Å². The van der Waals surface area contributed by atoms with Gasteiger partial charge in [-0.1, -0.05) is 20.8 Å². The van der Waals surface area contributed by atoms with Crippen molar-refractivity contribution in [3.05, 3.63) is 0 Å². The summed E-state index contributed by atoms with van der Waals surface area (Å²) < 4.78 is 5.49. The minimum absolute atomic E-state index is 0.465. The van der Waals surface area contributed by atoms with Crippen molar-refractivity contribution in [1.82, 2.24) is 5.32 Å². The maximum atomic E-state index is 5.49. The normalized spacial score (nSPS) is 34.4. The zero-order valence-electron chi connectivity index (χ0n) is 13.1. The molecule has 2 aliphatic rings. The molecule has 0 amide bonds. The number of ether oxygens (including phenoxy) is 1. The van der Waals surface area contributed by atoms with Crippen molar-refractivity contribution in [2.75, 3.05) is 20.3 Å². The van der Waals surface area contributed by atoms with Crippen molar-refractivity contribution in [3.63, 3.8) is 0 Å². The van der Waals surface area contributed by atoms with E-state index in [1.165, 1.54) is 32.1 Å². The van der Waals surface area contributed by atoms with Crippen molar-refractivity contribution in [2.45, 2.75) is 69.4 Å². The summed E-state index contributed by atoms with van der Waals surface area (Å²) in [4.78, 5) is 0. The maximum Gasteiger partial charge on any atom is 0.0476 e. The Hall–Kier alpha value is 0.270. The lowest BCUT2D eigenvalue weighted by Gasteiger charge is -2.43. The fraction of sp³-hybridized carbons (Fsp3) is 1.00. The third-order valence-electron chi connectivity index (χ3n) is 4.92. The average Bonchev–Trinajstić information content (AvgIpc) is 2.39. The Balaban J connectivity index is 1.93. The van der Waals surface area contributed by atoms with Gasteiger partial charge in [-0.05, 0) is 50.5 Å². The van der Waals surface area contributed by atoms with Crippen LogP contribution in [0.3, 0.4) is 0 Å². The van der Waals surface area contributed by atoms with Crippen LogP contribution in [-0.2, 0) is 4.74 Å². The molecule has 1 saturated carbocycles. The summed E-state index contributed by atoms with van der Waals surface area (Å²) in [5, 5.41) is 5.19. The van der Waals surface area contributed by atoms with E-state index in [0.717, 1.165) is 29.6 Å². The van der Waals surface area contributed by atoms with Crippen molar-refractivity contribution >= 4 is 11.8 Å². The monoisotopic (exact) mass is 285 g/mol. The van der Waals surface area contributed by atoms with Crippen LogP contribution in [0.15, 0.2) is 0 Å². The Morgan fingerprint density at radius 2 is 1.74 bits per heavy atom. The molecular weight excluding hydrogens is 254 g/mol. The van der Waals surface area contributed by atoms with Gasteiger partial charge in [0.05, 0.1) is 0 Å². The van der Waals surface area contributed by atoms with Crippen LogP contribution in [0.5, 0.6) is 0 Å². The molecule has 1 saturated heterocycles. The third kappa shape index (κ3) is 4.37. The molecule has 0 aromatic rings. The Morgan fingerprint density at radius 3 is 2.32 bits per heavy atom. The molecule has 3 heteroatoms. The predicted octanol–water partition coefficient (Wildman–Crippen LogP) is 3.70. The van der Waals surface area contributed by atoms with Crippen molar-refractivity contribution < 1.29 is 4.74 Å². The van der Waals surface area contributed by atoms with Crippen molar-refractivity contribution in [3.8, 4) is 0 Å². The van der Waals surface area contributed by atoms with Crippen LogP contribution < -0.4 is 5.32 Å². The SMILES string of the molecule is CNC1CCC(C(C)(C)C)CC1SC1CCOCC1. The summed E-state index contributed by atoms with van der Waals surface area (Å²) in [5.41, 5.74) is 0.465. The molecule has 19 heavy (non-hydrogen) atoms. The van der Waals surface area contributed by atoms with E-state index in [1.807, 2.05) is 0 Å². The molecule has 0 spiro atoms. The van der Waals surface area contributed by atoms with E-state index in [4.69, 9.17) is 4.74 Å². The molecule has 0 bridgehead atoms. The van der Waals surface area contributed by atoms with E-state index < -0.39 is 0 Å². The van der Waals surface area contributed by atoms with Crippen molar-refractivity contribution in [2.24, 2.45) is 11.3 Å². The van der Waals surface area contributed by atoms with E-state index in [-0.39, 0.29) is 0 Å². The molecule has 1 aliphatic carbocycles. The summed E-state index contributed by atoms with van der Waals surface area (Å²) in [6.45, 7) is 9.17. The largest absolute Gasteiger partial charge is 0.381 e. The van der Waals surface area contributed by atoms with Crippen LogP contribution in [0.4, 0.5) is 0 Å². The highest BCUT2D eigenvalue weighted by molar-refractivity contribution is 8.00. The summed E-state index contributed by atoms with van der Waals surface area (Å²) in [6, 6.07) is 0.714. The molecular formula is C16H31NOS. The molecule has 1 heterocycles. The second-order valence-electron chi connectivity index (χ2n) is 7.26. The first-order valence-corrected chi connectivity index (χ1v) is 8.85. The number of rotatable bonds is 3. The molecule has 0 radical (unpaired) electrons. The first-order chi connectivity index (χ1) is 9.00. The van der Waals surface area contributed by atoms with Gasteiger partial charge in [0.15, 0.2) is 0 Å². The molecule has 2 fully saturated rings. The van der Waals surface area contributed by atoms with Gasteiger partial charge in [-0.3, -0.25) is 0 Å². The standard InChI is InChI=1S/C16H31NOS/c1-16(2,3)12-5-6-14(17-4)15(11-12)19-13-7-9-18-10-8-13/h12-15,17H,5-11H2,1-4H3. The highest BCUT2D eigenvalue weighted by atomic mass is 32.2. The lowest BCUT2D eigenvalue weighted by atomic mass is 9.71. The summed E-state index contributed by atoms with van der Waals surface area (Å²) in [7, 11) is 2.14. The van der Waals surface area contributed by atoms with Crippen LogP contribution in [-0.4, -0.2) is 36.8 Å². The molecule has 2 rings (SSSR count). The predicted molar refractivity (Wildman–Crippen MR) is 84.9 cm³/mol. The van der Waals surface area contributed by atoms with E-state index in [1.54, 1.807) is 0 Å².